The summed E-state index contributed by atoms with van der Waals surface area (Å²) in [5, 5.41) is 25.3. The van der Waals surface area contributed by atoms with E-state index in [2.05, 4.69) is 15.6 Å². The Morgan fingerprint density at radius 3 is 2.75 bits per heavy atom. The predicted molar refractivity (Wildman–Crippen MR) is 112 cm³/mol. The summed E-state index contributed by atoms with van der Waals surface area (Å²) in [5.41, 5.74) is 1.23. The summed E-state index contributed by atoms with van der Waals surface area (Å²) in [5.74, 6) is -1.37. The molecule has 1 fully saturated rings. The van der Waals surface area contributed by atoms with Gasteiger partial charge in [-0.25, -0.2) is 9.37 Å². The van der Waals surface area contributed by atoms with Crippen LogP contribution in [-0.2, 0) is 11.4 Å². The molecule has 0 saturated heterocycles. The third kappa shape index (κ3) is 4.59. The number of aromatic nitrogens is 1. The van der Waals surface area contributed by atoms with Crippen molar-refractivity contribution in [2.24, 2.45) is 0 Å². The highest BCUT2D eigenvalue weighted by Crippen LogP contribution is 2.47. The third-order valence-electron chi connectivity index (χ3n) is 5.52. The van der Waals surface area contributed by atoms with E-state index in [0.717, 1.165) is 11.6 Å². The Bertz CT molecular complexity index is 1100. The van der Waals surface area contributed by atoms with Gasteiger partial charge in [-0.3, -0.25) is 9.59 Å². The normalized spacial score (nSPS) is 21.6. The van der Waals surface area contributed by atoms with Crippen LogP contribution in [-0.4, -0.2) is 45.3 Å². The number of nitrogens with zero attached hydrogens (tertiary/aromatic N) is 1. The number of carbonyl (C=O) groups excluding carboxylic acids is 2. The Labute approximate surface area is 188 Å². The molecule has 1 saturated carbocycles. The van der Waals surface area contributed by atoms with Gasteiger partial charge in [0.2, 0.25) is 0 Å². The number of nitrogens with one attached hydrogen (secondary N) is 2. The van der Waals surface area contributed by atoms with E-state index in [4.69, 9.17) is 16.3 Å². The molecule has 1 unspecified atom stereocenters. The predicted octanol–water partition coefficient (Wildman–Crippen LogP) is 1.84. The molecule has 3 aliphatic carbocycles. The molecular weight excluding hydrogens is 441 g/mol. The van der Waals surface area contributed by atoms with Crippen molar-refractivity contribution in [1.29, 1.82) is 0 Å². The number of hydrogen-bond donors (Lipinski definition) is 4. The fourth-order valence-corrected chi connectivity index (χ4v) is 4.14. The number of fused-ring (bicyclic) bond motifs is 2. The molecule has 1 aromatic heterocycles. The Kier molecular flexibility index (Phi) is 6.14. The number of pyridine rings is 1. The minimum absolute atomic E-state index is 0.0449. The highest BCUT2D eigenvalue weighted by atomic mass is 35.5. The minimum atomic E-state index is -0.957. The number of ether oxygens (including phenoxy) is 1. The van der Waals surface area contributed by atoms with Crippen LogP contribution >= 0.6 is 11.6 Å². The Morgan fingerprint density at radius 1 is 1.28 bits per heavy atom. The van der Waals surface area contributed by atoms with Crippen LogP contribution in [0.2, 0.25) is 5.02 Å². The molecule has 2 amide bonds. The molecule has 1 heterocycles. The van der Waals surface area contributed by atoms with Gasteiger partial charge in [-0.05, 0) is 42.7 Å². The molecule has 3 aliphatic rings. The number of benzene rings is 1. The first-order chi connectivity index (χ1) is 15.3. The molecular formula is C22H21ClFN3O5. The summed E-state index contributed by atoms with van der Waals surface area (Å²) < 4.78 is 18.7. The summed E-state index contributed by atoms with van der Waals surface area (Å²) in [6.07, 6.45) is 0.269. The molecule has 0 radical (unpaired) electrons. The summed E-state index contributed by atoms with van der Waals surface area (Å²) >= 11 is 5.62. The largest absolute Gasteiger partial charge is 0.484 e. The second kappa shape index (κ2) is 8.85. The maximum atomic E-state index is 13.5. The van der Waals surface area contributed by atoms with Gasteiger partial charge in [0, 0.05) is 18.2 Å². The molecule has 10 heteroatoms. The standard InChI is InChI=1S/C22H21ClFN3O5/c23-15-5-4-14(6-16(15)24)32-11-19(30)26-20-12-7-22(8-12,9-18(20)29)27-21(31)17-3-1-2-13(10-28)25-17/h1-6,18,28-29H,7-11H2,(H,26,30)(H,27,31). The highest BCUT2D eigenvalue weighted by molar-refractivity contribution is 6.30. The Hall–Kier alpha value is -3.01. The zero-order valence-electron chi connectivity index (χ0n) is 16.9. The van der Waals surface area contributed by atoms with E-state index >= 15 is 0 Å². The van der Waals surface area contributed by atoms with Gasteiger partial charge in [0.25, 0.3) is 11.8 Å². The van der Waals surface area contributed by atoms with Crippen molar-refractivity contribution in [3.05, 3.63) is 69.9 Å². The lowest BCUT2D eigenvalue weighted by Crippen LogP contribution is -2.61. The van der Waals surface area contributed by atoms with E-state index < -0.39 is 23.4 Å². The molecule has 2 aromatic rings. The maximum absolute atomic E-state index is 13.5. The molecule has 32 heavy (non-hydrogen) atoms. The molecule has 1 aromatic carbocycles. The number of rotatable bonds is 7. The van der Waals surface area contributed by atoms with Crippen molar-refractivity contribution in [2.75, 3.05) is 6.61 Å². The number of hydrogen-bond acceptors (Lipinski definition) is 6. The van der Waals surface area contributed by atoms with Crippen LogP contribution in [0.1, 0.15) is 35.4 Å². The summed E-state index contributed by atoms with van der Waals surface area (Å²) in [6, 6.07) is 8.67. The van der Waals surface area contributed by atoms with Gasteiger partial charge in [0.15, 0.2) is 6.61 Å². The number of halogens is 2. The summed E-state index contributed by atoms with van der Waals surface area (Å²) in [6.45, 7) is -0.628. The van der Waals surface area contributed by atoms with Gasteiger partial charge >= 0.3 is 0 Å². The molecule has 1 atom stereocenters. The number of aliphatic hydroxyl groups excluding tert-OH is 2. The van der Waals surface area contributed by atoms with E-state index in [1.807, 2.05) is 0 Å². The smallest absolute Gasteiger partial charge is 0.270 e. The second-order valence-electron chi connectivity index (χ2n) is 7.91. The van der Waals surface area contributed by atoms with Gasteiger partial charge in [-0.1, -0.05) is 17.7 Å². The molecule has 2 bridgehead atoms. The lowest BCUT2D eigenvalue weighted by atomic mass is 9.63. The topological polar surface area (TPSA) is 121 Å². The van der Waals surface area contributed by atoms with Crippen molar-refractivity contribution < 1.29 is 28.9 Å². The van der Waals surface area contributed by atoms with E-state index in [1.54, 1.807) is 18.2 Å². The van der Waals surface area contributed by atoms with E-state index in [9.17, 15) is 24.2 Å². The van der Waals surface area contributed by atoms with Crippen molar-refractivity contribution in [3.63, 3.8) is 0 Å². The fourth-order valence-electron chi connectivity index (χ4n) is 4.02. The van der Waals surface area contributed by atoms with Crippen molar-refractivity contribution in [3.8, 4) is 5.75 Å². The van der Waals surface area contributed by atoms with Crippen LogP contribution < -0.4 is 15.4 Å². The molecule has 8 nitrogen and oxygen atoms in total. The van der Waals surface area contributed by atoms with Crippen molar-refractivity contribution >= 4 is 23.4 Å². The Morgan fingerprint density at radius 2 is 2.06 bits per heavy atom. The lowest BCUT2D eigenvalue weighted by Gasteiger charge is -2.51. The van der Waals surface area contributed by atoms with Crippen LogP contribution in [0.15, 0.2) is 47.7 Å². The monoisotopic (exact) mass is 461 g/mol. The number of aliphatic hydroxyl groups is 2. The highest BCUT2D eigenvalue weighted by Gasteiger charge is 2.50. The van der Waals surface area contributed by atoms with Gasteiger partial charge in [0.1, 0.15) is 17.3 Å². The average molecular weight is 462 g/mol. The first-order valence-corrected chi connectivity index (χ1v) is 10.3. The van der Waals surface area contributed by atoms with E-state index in [0.29, 0.717) is 24.2 Å². The molecule has 4 N–H and O–H groups in total. The van der Waals surface area contributed by atoms with Gasteiger partial charge < -0.3 is 25.6 Å². The van der Waals surface area contributed by atoms with E-state index in [1.165, 1.54) is 12.1 Å². The molecule has 168 valence electrons. The van der Waals surface area contributed by atoms with Crippen molar-refractivity contribution in [1.82, 2.24) is 15.6 Å². The zero-order chi connectivity index (χ0) is 22.9. The zero-order valence-corrected chi connectivity index (χ0v) is 17.7. The van der Waals surface area contributed by atoms with Crippen molar-refractivity contribution in [2.45, 2.75) is 37.5 Å². The van der Waals surface area contributed by atoms with Gasteiger partial charge in [0.05, 0.1) is 29.0 Å². The quantitative estimate of drug-likeness (QED) is 0.499. The molecule has 0 aliphatic heterocycles. The van der Waals surface area contributed by atoms with Crippen LogP contribution in [0.4, 0.5) is 4.39 Å². The molecule has 5 rings (SSSR count). The van der Waals surface area contributed by atoms with Gasteiger partial charge in [-0.15, -0.1) is 0 Å². The fraction of sp³-hybridized carbons (Fsp3) is 0.318. The Balaban J connectivity index is 1.34. The molecule has 0 spiro atoms. The number of amides is 2. The van der Waals surface area contributed by atoms with Crippen LogP contribution in [0, 0.1) is 5.82 Å². The SMILES string of the molecule is O=C(COc1ccc(Cl)c(F)c1)NC1=C2CC(NC(=O)c3cccc(CO)n3)(C2)CC1O. The third-order valence-corrected chi connectivity index (χ3v) is 5.82. The lowest BCUT2D eigenvalue weighted by molar-refractivity contribution is -0.123. The second-order valence-corrected chi connectivity index (χ2v) is 8.32. The van der Waals surface area contributed by atoms with Gasteiger partial charge in [-0.2, -0.15) is 0 Å². The summed E-state index contributed by atoms with van der Waals surface area (Å²) in [4.78, 5) is 28.9. The van der Waals surface area contributed by atoms with Crippen LogP contribution in [0.5, 0.6) is 5.75 Å². The van der Waals surface area contributed by atoms with E-state index in [-0.39, 0.29) is 42.0 Å². The first kappa shape index (κ1) is 22.2. The van der Waals surface area contributed by atoms with Crippen LogP contribution in [0.3, 0.4) is 0 Å². The minimum Gasteiger partial charge on any atom is -0.484 e. The first-order valence-electron chi connectivity index (χ1n) is 9.95. The van der Waals surface area contributed by atoms with Crippen LogP contribution in [0.25, 0.3) is 0 Å². The average Bonchev–Trinajstić information content (AvgIpc) is 2.75. The summed E-state index contributed by atoms with van der Waals surface area (Å²) in [7, 11) is 0. The number of carbonyl (C=O) groups is 2. The maximum Gasteiger partial charge on any atom is 0.270 e.